The van der Waals surface area contributed by atoms with Crippen molar-refractivity contribution in [2.45, 2.75) is 13.2 Å². The van der Waals surface area contributed by atoms with Crippen LogP contribution in [0.2, 0.25) is 0 Å². The third-order valence-corrected chi connectivity index (χ3v) is 3.11. The van der Waals surface area contributed by atoms with Gasteiger partial charge in [-0.2, -0.15) is 0 Å². The molecule has 0 atom stereocenters. The van der Waals surface area contributed by atoms with E-state index in [1.165, 1.54) is 7.11 Å². The van der Waals surface area contributed by atoms with E-state index in [1.54, 1.807) is 36.5 Å². The van der Waals surface area contributed by atoms with E-state index in [4.69, 9.17) is 19.7 Å². The quantitative estimate of drug-likeness (QED) is 0.750. The number of aliphatic hydroxyl groups is 2. The van der Waals surface area contributed by atoms with Crippen LogP contribution in [0, 0.1) is 0 Å². The van der Waals surface area contributed by atoms with Crippen molar-refractivity contribution in [3.05, 3.63) is 53.3 Å². The molecule has 6 nitrogen and oxygen atoms in total. The molecule has 0 aliphatic carbocycles. The van der Waals surface area contributed by atoms with Gasteiger partial charge in [-0.15, -0.1) is 0 Å². The lowest BCUT2D eigenvalue weighted by Gasteiger charge is -2.12. The van der Waals surface area contributed by atoms with Crippen molar-refractivity contribution in [1.82, 2.24) is 4.98 Å². The van der Waals surface area contributed by atoms with Gasteiger partial charge in [0.15, 0.2) is 17.3 Å². The smallest absolute Gasteiger partial charge is 0.190 e. The van der Waals surface area contributed by atoms with E-state index in [1.807, 2.05) is 0 Å². The lowest BCUT2D eigenvalue weighted by Crippen LogP contribution is -2.11. The van der Waals surface area contributed by atoms with E-state index in [-0.39, 0.29) is 13.2 Å². The number of aromatic nitrogens is 1. The van der Waals surface area contributed by atoms with Gasteiger partial charge in [0.2, 0.25) is 0 Å². The highest BCUT2D eigenvalue weighted by molar-refractivity contribution is 5.97. The van der Waals surface area contributed by atoms with Gasteiger partial charge in [-0.3, -0.25) is 9.78 Å². The van der Waals surface area contributed by atoms with E-state index in [9.17, 15) is 4.79 Å². The van der Waals surface area contributed by atoms with Crippen molar-refractivity contribution in [3.8, 4) is 11.5 Å². The highest BCUT2D eigenvalue weighted by Crippen LogP contribution is 2.29. The molecule has 116 valence electrons. The summed E-state index contributed by atoms with van der Waals surface area (Å²) >= 11 is 0. The highest BCUT2D eigenvalue weighted by atomic mass is 16.5. The fourth-order valence-corrected chi connectivity index (χ4v) is 1.97. The van der Waals surface area contributed by atoms with Crippen LogP contribution in [-0.2, 0) is 13.2 Å². The van der Waals surface area contributed by atoms with Crippen molar-refractivity contribution < 1.29 is 24.5 Å². The zero-order chi connectivity index (χ0) is 15.9. The molecular formula is C16H17NO5. The number of methoxy groups -OCH3 is 1. The van der Waals surface area contributed by atoms with Crippen molar-refractivity contribution >= 4 is 5.78 Å². The summed E-state index contributed by atoms with van der Waals surface area (Å²) in [5.41, 5.74) is 1.48. The zero-order valence-corrected chi connectivity index (χ0v) is 12.2. The summed E-state index contributed by atoms with van der Waals surface area (Å²) in [7, 11) is 1.50. The molecule has 0 radical (unpaired) electrons. The van der Waals surface area contributed by atoms with E-state index in [2.05, 4.69) is 4.98 Å². The molecule has 2 rings (SSSR count). The van der Waals surface area contributed by atoms with Crippen molar-refractivity contribution in [2.24, 2.45) is 0 Å². The van der Waals surface area contributed by atoms with Gasteiger partial charge < -0.3 is 19.7 Å². The van der Waals surface area contributed by atoms with Gasteiger partial charge in [0.1, 0.15) is 13.2 Å². The maximum absolute atomic E-state index is 11.7. The number of carbonyl (C=O) groups excluding carboxylic acids is 1. The number of aliphatic hydroxyl groups excluding tert-OH is 2. The summed E-state index contributed by atoms with van der Waals surface area (Å²) in [5, 5.41) is 18.1. The number of ketones is 1. The molecular weight excluding hydrogens is 286 g/mol. The van der Waals surface area contributed by atoms with Crippen LogP contribution in [0.1, 0.15) is 21.6 Å². The van der Waals surface area contributed by atoms with Gasteiger partial charge in [-0.1, -0.05) is 6.07 Å². The molecule has 6 heteroatoms. The lowest BCUT2D eigenvalue weighted by molar-refractivity contribution is 0.0900. The van der Waals surface area contributed by atoms with E-state index in [0.717, 1.165) is 0 Å². The first kappa shape index (κ1) is 15.9. The molecule has 1 heterocycles. The van der Waals surface area contributed by atoms with Crippen LogP contribution in [0.5, 0.6) is 11.5 Å². The summed E-state index contributed by atoms with van der Waals surface area (Å²) < 4.78 is 10.9. The Morgan fingerprint density at radius 2 is 2.05 bits per heavy atom. The summed E-state index contributed by atoms with van der Waals surface area (Å²) in [6.07, 6.45) is 1.55. The predicted molar refractivity (Wildman–Crippen MR) is 78.9 cm³/mol. The molecule has 22 heavy (non-hydrogen) atoms. The molecule has 0 saturated heterocycles. The number of hydrogen-bond donors (Lipinski definition) is 2. The highest BCUT2D eigenvalue weighted by Gasteiger charge is 2.13. The van der Waals surface area contributed by atoms with Crippen LogP contribution < -0.4 is 9.47 Å². The molecule has 0 spiro atoms. The molecule has 1 aromatic heterocycles. The molecule has 0 aliphatic heterocycles. The van der Waals surface area contributed by atoms with Crippen molar-refractivity contribution in [1.29, 1.82) is 0 Å². The minimum absolute atomic E-state index is 0.0662. The third kappa shape index (κ3) is 3.60. The van der Waals surface area contributed by atoms with Crippen LogP contribution in [0.25, 0.3) is 0 Å². The Hall–Kier alpha value is -2.44. The number of Topliss-reactive ketones (excluding diaryl/α,β-unsaturated/α-hetero) is 1. The summed E-state index contributed by atoms with van der Waals surface area (Å²) in [6.45, 7) is -0.601. The summed E-state index contributed by atoms with van der Waals surface area (Å²) in [4.78, 5) is 15.8. The standard InChI is InChI=1S/C16H17NO5/c1-21-16-7-11(8-18)4-5-15(16)22-10-13-12(14(20)9-19)3-2-6-17-13/h2-7,18-19H,8-10H2,1H3. The first-order valence-electron chi connectivity index (χ1n) is 6.68. The van der Waals surface area contributed by atoms with Gasteiger partial charge in [-0.05, 0) is 29.8 Å². The van der Waals surface area contributed by atoms with Gasteiger partial charge in [0.05, 0.1) is 19.4 Å². The van der Waals surface area contributed by atoms with Crippen molar-refractivity contribution in [3.63, 3.8) is 0 Å². The number of rotatable bonds is 7. The second-order valence-corrected chi connectivity index (χ2v) is 4.51. The molecule has 1 aromatic carbocycles. The zero-order valence-electron chi connectivity index (χ0n) is 12.2. The molecule has 2 aromatic rings. The molecule has 2 N–H and O–H groups in total. The Morgan fingerprint density at radius 3 is 2.73 bits per heavy atom. The van der Waals surface area contributed by atoms with Crippen LogP contribution in [0.4, 0.5) is 0 Å². The number of nitrogens with zero attached hydrogens (tertiary/aromatic N) is 1. The van der Waals surface area contributed by atoms with Gasteiger partial charge >= 0.3 is 0 Å². The fourth-order valence-electron chi connectivity index (χ4n) is 1.97. The molecule has 0 saturated carbocycles. The number of carbonyl (C=O) groups is 1. The number of pyridine rings is 1. The first-order chi connectivity index (χ1) is 10.7. The molecule has 0 aliphatic rings. The second-order valence-electron chi connectivity index (χ2n) is 4.51. The van der Waals surface area contributed by atoms with E-state index < -0.39 is 12.4 Å². The first-order valence-corrected chi connectivity index (χ1v) is 6.68. The van der Waals surface area contributed by atoms with Gasteiger partial charge in [-0.25, -0.2) is 0 Å². The third-order valence-electron chi connectivity index (χ3n) is 3.11. The summed E-state index contributed by atoms with van der Waals surface area (Å²) in [6, 6.07) is 8.30. The van der Waals surface area contributed by atoms with Gasteiger partial charge in [0.25, 0.3) is 0 Å². The second kappa shape index (κ2) is 7.53. The minimum Gasteiger partial charge on any atom is -0.493 e. The summed E-state index contributed by atoms with van der Waals surface area (Å²) in [5.74, 6) is 0.555. The number of hydrogen-bond acceptors (Lipinski definition) is 6. The Morgan fingerprint density at radius 1 is 1.23 bits per heavy atom. The van der Waals surface area contributed by atoms with Crippen LogP contribution in [-0.4, -0.2) is 34.7 Å². The number of benzene rings is 1. The Bertz CT molecular complexity index is 657. The minimum atomic E-state index is -0.576. The Kier molecular flexibility index (Phi) is 5.46. The molecule has 0 unspecified atom stereocenters. The molecule has 0 bridgehead atoms. The van der Waals surface area contributed by atoms with Crippen molar-refractivity contribution in [2.75, 3.05) is 13.7 Å². The maximum Gasteiger partial charge on any atom is 0.190 e. The van der Waals surface area contributed by atoms with Crippen LogP contribution in [0.3, 0.4) is 0 Å². The average molecular weight is 303 g/mol. The van der Waals surface area contributed by atoms with Gasteiger partial charge in [0, 0.05) is 11.8 Å². The monoisotopic (exact) mass is 303 g/mol. The SMILES string of the molecule is COc1cc(CO)ccc1OCc1ncccc1C(=O)CO. The van der Waals surface area contributed by atoms with E-state index >= 15 is 0 Å². The van der Waals surface area contributed by atoms with Crippen LogP contribution >= 0.6 is 0 Å². The number of ether oxygens (including phenoxy) is 2. The fraction of sp³-hybridized carbons (Fsp3) is 0.250. The maximum atomic E-state index is 11.7. The Balaban J connectivity index is 2.19. The largest absolute Gasteiger partial charge is 0.493 e. The molecule has 0 fully saturated rings. The average Bonchev–Trinajstić information content (AvgIpc) is 2.59. The lowest BCUT2D eigenvalue weighted by atomic mass is 10.1. The van der Waals surface area contributed by atoms with Crippen LogP contribution in [0.15, 0.2) is 36.5 Å². The van der Waals surface area contributed by atoms with E-state index in [0.29, 0.717) is 28.3 Å². The molecule has 0 amide bonds. The predicted octanol–water partition coefficient (Wildman–Crippen LogP) is 1.34. The normalized spacial score (nSPS) is 10.3. The Labute approximate surface area is 128 Å². The topological polar surface area (TPSA) is 88.9 Å².